The Morgan fingerprint density at radius 3 is 2.27 bits per heavy atom. The molecule has 30 heavy (non-hydrogen) atoms. The zero-order chi connectivity index (χ0) is 22.2. The van der Waals surface area contributed by atoms with Crippen molar-refractivity contribution in [1.82, 2.24) is 4.72 Å². The van der Waals surface area contributed by atoms with Gasteiger partial charge in [0.2, 0.25) is 10.0 Å². The minimum Gasteiger partial charge on any atom is -0.389 e. The van der Waals surface area contributed by atoms with Gasteiger partial charge < -0.3 is 15.2 Å². The van der Waals surface area contributed by atoms with Crippen LogP contribution in [0.15, 0.2) is 29.2 Å². The van der Waals surface area contributed by atoms with E-state index < -0.39 is 72.5 Å². The lowest BCUT2D eigenvalue weighted by Crippen LogP contribution is -2.42. The van der Waals surface area contributed by atoms with E-state index >= 15 is 0 Å². The second-order valence-corrected chi connectivity index (χ2v) is 8.39. The SMILES string of the molecule is O=C(Nc1cc(F)c(F)c(F)c1)c1cc(S(=O)(=O)NC2COCC2O)c(F)cc1Cl. The van der Waals surface area contributed by atoms with E-state index in [0.717, 1.165) is 0 Å². The van der Waals surface area contributed by atoms with Gasteiger partial charge in [-0.2, -0.15) is 0 Å². The quantitative estimate of drug-likeness (QED) is 0.461. The zero-order valence-corrected chi connectivity index (χ0v) is 16.3. The number of halogens is 5. The average molecular weight is 469 g/mol. The molecule has 2 aromatic rings. The van der Waals surface area contributed by atoms with Gasteiger partial charge in [-0.1, -0.05) is 11.6 Å². The Morgan fingerprint density at radius 2 is 1.70 bits per heavy atom. The number of sulfonamides is 1. The fraction of sp³-hybridized carbons (Fsp3) is 0.235. The van der Waals surface area contributed by atoms with Crippen molar-refractivity contribution in [2.45, 2.75) is 17.0 Å². The summed E-state index contributed by atoms with van der Waals surface area (Å²) in [6.45, 7) is -0.265. The molecular formula is C17H13ClF4N2O5S. The molecule has 3 rings (SSSR count). The van der Waals surface area contributed by atoms with Gasteiger partial charge in [0, 0.05) is 17.8 Å². The first-order chi connectivity index (χ1) is 14.0. The maximum absolute atomic E-state index is 14.3. The molecule has 1 aliphatic rings. The normalized spacial score (nSPS) is 19.1. The highest BCUT2D eigenvalue weighted by atomic mass is 35.5. The molecule has 2 unspecified atom stereocenters. The number of anilines is 1. The topological polar surface area (TPSA) is 105 Å². The fourth-order valence-electron chi connectivity index (χ4n) is 2.65. The summed E-state index contributed by atoms with van der Waals surface area (Å²) in [7, 11) is -4.55. The standard InChI is InChI=1S/C17H13ClF4N2O5S/c18-9-4-10(19)15(30(27,28)24-13-5-29-6-14(13)25)3-8(9)17(26)23-7-1-11(20)16(22)12(21)2-7/h1-4,13-14,24-25H,5-6H2,(H,23,26). The molecule has 0 spiro atoms. The second kappa shape index (κ2) is 8.47. The van der Waals surface area contributed by atoms with Crippen LogP contribution in [-0.2, 0) is 14.8 Å². The lowest BCUT2D eigenvalue weighted by atomic mass is 10.2. The molecule has 13 heteroatoms. The lowest BCUT2D eigenvalue weighted by Gasteiger charge is -2.16. The summed E-state index contributed by atoms with van der Waals surface area (Å²) in [5.41, 5.74) is -1.02. The smallest absolute Gasteiger partial charge is 0.257 e. The van der Waals surface area contributed by atoms with E-state index in [0.29, 0.717) is 24.3 Å². The van der Waals surface area contributed by atoms with Crippen LogP contribution in [0.4, 0.5) is 23.2 Å². The van der Waals surface area contributed by atoms with E-state index in [9.17, 15) is 35.9 Å². The third kappa shape index (κ3) is 4.57. The Morgan fingerprint density at radius 1 is 1.07 bits per heavy atom. The molecule has 1 amide bonds. The van der Waals surface area contributed by atoms with Crippen LogP contribution in [-0.4, -0.2) is 44.8 Å². The monoisotopic (exact) mass is 468 g/mol. The third-order valence-corrected chi connectivity index (χ3v) is 5.97. The van der Waals surface area contributed by atoms with Gasteiger partial charge in [0.15, 0.2) is 17.5 Å². The number of nitrogens with one attached hydrogen (secondary N) is 2. The molecule has 2 aromatic carbocycles. The highest BCUT2D eigenvalue weighted by molar-refractivity contribution is 7.89. The Bertz CT molecular complexity index is 1090. The minimum absolute atomic E-state index is 0.116. The summed E-state index contributed by atoms with van der Waals surface area (Å²) < 4.78 is 85.9. The van der Waals surface area contributed by atoms with Crippen LogP contribution in [0.1, 0.15) is 10.4 Å². The molecule has 1 saturated heterocycles. The first-order valence-corrected chi connectivity index (χ1v) is 10.1. The third-order valence-electron chi connectivity index (χ3n) is 4.15. The van der Waals surface area contributed by atoms with Gasteiger partial charge in [-0.15, -0.1) is 0 Å². The first-order valence-electron chi connectivity index (χ1n) is 8.22. The minimum atomic E-state index is -4.55. The largest absolute Gasteiger partial charge is 0.389 e. The van der Waals surface area contributed by atoms with Crippen LogP contribution < -0.4 is 10.0 Å². The highest BCUT2D eigenvalue weighted by Gasteiger charge is 2.33. The van der Waals surface area contributed by atoms with E-state index in [-0.39, 0.29) is 13.2 Å². The van der Waals surface area contributed by atoms with Gasteiger partial charge in [-0.3, -0.25) is 4.79 Å². The molecule has 1 aliphatic heterocycles. The van der Waals surface area contributed by atoms with Crippen molar-refractivity contribution in [1.29, 1.82) is 0 Å². The Balaban J connectivity index is 1.91. The zero-order valence-electron chi connectivity index (χ0n) is 14.8. The van der Waals surface area contributed by atoms with Gasteiger partial charge in [-0.25, -0.2) is 30.7 Å². The van der Waals surface area contributed by atoms with Crippen LogP contribution in [0.25, 0.3) is 0 Å². The first kappa shape index (κ1) is 22.4. The molecule has 1 fully saturated rings. The molecule has 162 valence electrons. The van der Waals surface area contributed by atoms with Crippen molar-refractivity contribution in [3.63, 3.8) is 0 Å². The van der Waals surface area contributed by atoms with Crippen LogP contribution in [0.2, 0.25) is 5.02 Å². The summed E-state index contributed by atoms with van der Waals surface area (Å²) in [4.78, 5) is 11.4. The maximum Gasteiger partial charge on any atom is 0.257 e. The van der Waals surface area contributed by atoms with Crippen molar-refractivity contribution in [2.24, 2.45) is 0 Å². The summed E-state index contributed by atoms with van der Waals surface area (Å²) in [6.07, 6.45) is -1.15. The summed E-state index contributed by atoms with van der Waals surface area (Å²) in [5.74, 6) is -7.30. The lowest BCUT2D eigenvalue weighted by molar-refractivity contribution is 0.102. The average Bonchev–Trinajstić information content (AvgIpc) is 3.03. The van der Waals surface area contributed by atoms with E-state index in [1.165, 1.54) is 0 Å². The number of carbonyl (C=O) groups excluding carboxylic acids is 1. The second-order valence-electron chi connectivity index (χ2n) is 6.30. The highest BCUT2D eigenvalue weighted by Crippen LogP contribution is 2.26. The number of aliphatic hydroxyl groups excluding tert-OH is 1. The number of hydrogen-bond donors (Lipinski definition) is 3. The molecule has 0 saturated carbocycles. The van der Waals surface area contributed by atoms with Crippen molar-refractivity contribution in [2.75, 3.05) is 18.5 Å². The number of carbonyl (C=O) groups is 1. The van der Waals surface area contributed by atoms with Crippen molar-refractivity contribution in [3.8, 4) is 0 Å². The van der Waals surface area contributed by atoms with E-state index in [1.807, 2.05) is 5.32 Å². The number of aliphatic hydroxyl groups is 1. The number of benzene rings is 2. The Hall–Kier alpha value is -2.25. The van der Waals surface area contributed by atoms with Crippen LogP contribution in [0.5, 0.6) is 0 Å². The molecule has 0 aromatic heterocycles. The number of amides is 1. The predicted octanol–water partition coefficient (Wildman–Crippen LogP) is 2.19. The van der Waals surface area contributed by atoms with E-state index in [4.69, 9.17) is 16.3 Å². The Labute approximate surface area is 172 Å². The van der Waals surface area contributed by atoms with Crippen LogP contribution >= 0.6 is 11.6 Å². The summed E-state index contributed by atoms with van der Waals surface area (Å²) in [5, 5.41) is 11.2. The van der Waals surface area contributed by atoms with Gasteiger partial charge in [0.25, 0.3) is 5.91 Å². The molecule has 0 bridgehead atoms. The Kier molecular flexibility index (Phi) is 6.34. The molecule has 7 nitrogen and oxygen atoms in total. The van der Waals surface area contributed by atoms with Gasteiger partial charge >= 0.3 is 0 Å². The van der Waals surface area contributed by atoms with Crippen LogP contribution in [0, 0.1) is 23.3 Å². The van der Waals surface area contributed by atoms with Gasteiger partial charge in [0.05, 0.1) is 35.9 Å². The fourth-order valence-corrected chi connectivity index (χ4v) is 4.23. The molecule has 3 N–H and O–H groups in total. The molecule has 2 atom stereocenters. The van der Waals surface area contributed by atoms with Crippen molar-refractivity contribution >= 4 is 33.2 Å². The molecule has 1 heterocycles. The summed E-state index contributed by atoms with van der Waals surface area (Å²) >= 11 is 5.81. The van der Waals surface area contributed by atoms with E-state index in [1.54, 1.807) is 0 Å². The van der Waals surface area contributed by atoms with E-state index in [2.05, 4.69) is 4.72 Å². The number of ether oxygens (including phenoxy) is 1. The molecular weight excluding hydrogens is 456 g/mol. The van der Waals surface area contributed by atoms with Crippen molar-refractivity contribution < 1.29 is 40.6 Å². The van der Waals surface area contributed by atoms with Crippen LogP contribution in [0.3, 0.4) is 0 Å². The van der Waals surface area contributed by atoms with Gasteiger partial charge in [0.1, 0.15) is 10.7 Å². The number of rotatable bonds is 5. The summed E-state index contributed by atoms with van der Waals surface area (Å²) in [6, 6.07) is 1.14. The predicted molar refractivity (Wildman–Crippen MR) is 96.6 cm³/mol. The van der Waals surface area contributed by atoms with Crippen molar-refractivity contribution in [3.05, 3.63) is 58.1 Å². The molecule has 0 radical (unpaired) electrons. The van der Waals surface area contributed by atoms with Gasteiger partial charge in [-0.05, 0) is 12.1 Å². The maximum atomic E-state index is 14.3. The molecule has 0 aliphatic carbocycles. The number of hydrogen-bond acceptors (Lipinski definition) is 5.